The van der Waals surface area contributed by atoms with E-state index in [1.165, 1.54) is 29.8 Å². The molecule has 0 bridgehead atoms. The maximum atomic E-state index is 15.3. The molecule has 2 saturated heterocycles. The second-order valence-electron chi connectivity index (χ2n) is 9.60. The predicted octanol–water partition coefficient (Wildman–Crippen LogP) is 4.50. The summed E-state index contributed by atoms with van der Waals surface area (Å²) in [4.78, 5) is 6.44. The van der Waals surface area contributed by atoms with Crippen LogP contribution in [-0.2, 0) is 4.74 Å². The van der Waals surface area contributed by atoms with Gasteiger partial charge in [0.05, 0.1) is 56.4 Å². The Bertz CT molecular complexity index is 1330. The number of anilines is 2. The van der Waals surface area contributed by atoms with Crippen molar-refractivity contribution in [2.24, 2.45) is 5.11 Å². The quantitative estimate of drug-likeness (QED) is 0.273. The van der Waals surface area contributed by atoms with Crippen molar-refractivity contribution < 1.29 is 27.0 Å². The van der Waals surface area contributed by atoms with E-state index in [-0.39, 0.29) is 46.9 Å². The Morgan fingerprint density at radius 3 is 2.74 bits per heavy atom. The van der Waals surface area contributed by atoms with Crippen molar-refractivity contribution in [1.82, 2.24) is 19.5 Å². The summed E-state index contributed by atoms with van der Waals surface area (Å²) in [5, 5.41) is 13.3. The number of rotatable bonds is 9. The third kappa shape index (κ3) is 5.23. The smallest absolute Gasteiger partial charge is 0.262 e. The number of fused-ring (bicyclic) bond motifs is 1. The van der Waals surface area contributed by atoms with Gasteiger partial charge in [-0.25, -0.2) is 27.6 Å². The summed E-state index contributed by atoms with van der Waals surface area (Å²) >= 11 is 0. The molecule has 2 aliphatic heterocycles. The summed E-state index contributed by atoms with van der Waals surface area (Å²) in [6, 6.07) is 4.09. The Kier molecular flexibility index (Phi) is 7.09. The lowest BCUT2D eigenvalue weighted by Gasteiger charge is -2.42. The molecule has 3 aromatic rings. The summed E-state index contributed by atoms with van der Waals surface area (Å²) in [7, 11) is 1.37. The Balaban J connectivity index is 1.43. The van der Waals surface area contributed by atoms with Gasteiger partial charge in [-0.1, -0.05) is 6.07 Å². The molecule has 5 rings (SSSR count). The van der Waals surface area contributed by atoms with Gasteiger partial charge < -0.3 is 20.1 Å². The number of likely N-dealkylation sites (tertiary alicyclic amines) is 1. The highest BCUT2D eigenvalue weighted by Crippen LogP contribution is 2.38. The highest BCUT2D eigenvalue weighted by Gasteiger charge is 2.36. The second-order valence-corrected chi connectivity index (χ2v) is 9.60. The Morgan fingerprint density at radius 1 is 1.32 bits per heavy atom. The zero-order valence-corrected chi connectivity index (χ0v) is 20.8. The predicted molar refractivity (Wildman–Crippen MR) is 132 cm³/mol. The van der Waals surface area contributed by atoms with Crippen LogP contribution in [0.5, 0.6) is 5.88 Å². The molecular weight excluding hydrogens is 508 g/mol. The molecule has 0 saturated carbocycles. The van der Waals surface area contributed by atoms with E-state index >= 15 is 4.39 Å². The van der Waals surface area contributed by atoms with E-state index in [1.807, 2.05) is 0 Å². The molecule has 10 nitrogen and oxygen atoms in total. The lowest BCUT2D eigenvalue weighted by atomic mass is 10.0. The van der Waals surface area contributed by atoms with Crippen molar-refractivity contribution in [1.29, 1.82) is 5.53 Å². The van der Waals surface area contributed by atoms with Gasteiger partial charge in [-0.2, -0.15) is 10.1 Å². The number of aromatic nitrogens is 3. The first-order chi connectivity index (χ1) is 18.2. The van der Waals surface area contributed by atoms with Crippen molar-refractivity contribution in [3.05, 3.63) is 30.2 Å². The minimum absolute atomic E-state index is 0.0460. The maximum Gasteiger partial charge on any atom is 0.262 e. The first-order valence-electron chi connectivity index (χ1n) is 12.2. The minimum atomic E-state index is -3.01. The first-order valence-corrected chi connectivity index (χ1v) is 12.2. The SMILES string of the molecule is COc1nc(N[C@@H]2CCN(C3COC3)C[C@@H]2F)nn2cc(F)c(-c3ccc(N=N)c(NCC(C)(F)F)c3)c12. The van der Waals surface area contributed by atoms with Crippen molar-refractivity contribution >= 4 is 22.8 Å². The van der Waals surface area contributed by atoms with Crippen molar-refractivity contribution in [3.8, 4) is 17.0 Å². The van der Waals surface area contributed by atoms with Crippen molar-refractivity contribution in [2.75, 3.05) is 50.6 Å². The van der Waals surface area contributed by atoms with Gasteiger partial charge in [-0.3, -0.25) is 4.90 Å². The van der Waals surface area contributed by atoms with Crippen LogP contribution in [0.15, 0.2) is 29.5 Å². The molecular formula is C24H28F4N8O2. The molecule has 2 fully saturated rings. The average molecular weight is 537 g/mol. The average Bonchev–Trinajstić information content (AvgIpc) is 3.17. The van der Waals surface area contributed by atoms with Crippen LogP contribution in [0, 0.1) is 11.3 Å². The summed E-state index contributed by atoms with van der Waals surface area (Å²) in [5.41, 5.74) is 8.19. The Hall–Kier alpha value is -3.52. The van der Waals surface area contributed by atoms with Crippen LogP contribution in [-0.4, -0.2) is 83.6 Å². The fourth-order valence-corrected chi connectivity index (χ4v) is 4.70. The summed E-state index contributed by atoms with van der Waals surface area (Å²) in [5.74, 6) is -3.54. The molecule has 1 aromatic carbocycles. The van der Waals surface area contributed by atoms with Gasteiger partial charge in [0, 0.05) is 20.0 Å². The van der Waals surface area contributed by atoms with Crippen molar-refractivity contribution in [2.45, 2.75) is 37.5 Å². The summed E-state index contributed by atoms with van der Waals surface area (Å²) in [6.45, 7) is 2.28. The topological polar surface area (TPSA) is 112 Å². The summed E-state index contributed by atoms with van der Waals surface area (Å²) < 4.78 is 69.0. The van der Waals surface area contributed by atoms with Gasteiger partial charge in [-0.15, -0.1) is 5.10 Å². The van der Waals surface area contributed by atoms with Crippen LogP contribution >= 0.6 is 0 Å². The number of ether oxygens (including phenoxy) is 2. The van der Waals surface area contributed by atoms with Gasteiger partial charge in [-0.05, 0) is 24.1 Å². The number of nitrogens with zero attached hydrogens (tertiary/aromatic N) is 5. The Labute approximate surface area is 215 Å². The van der Waals surface area contributed by atoms with Crippen LogP contribution in [0.3, 0.4) is 0 Å². The van der Waals surface area contributed by atoms with E-state index in [0.29, 0.717) is 31.7 Å². The van der Waals surface area contributed by atoms with Gasteiger partial charge in [0.2, 0.25) is 11.8 Å². The number of hydrogen-bond donors (Lipinski definition) is 3. The van der Waals surface area contributed by atoms with E-state index in [9.17, 15) is 13.2 Å². The van der Waals surface area contributed by atoms with Crippen LogP contribution < -0.4 is 15.4 Å². The number of alkyl halides is 3. The molecule has 0 radical (unpaired) electrons. The van der Waals surface area contributed by atoms with Crippen LogP contribution in [0.25, 0.3) is 16.6 Å². The van der Waals surface area contributed by atoms with Crippen LogP contribution in [0.2, 0.25) is 0 Å². The number of nitrogens with one attached hydrogen (secondary N) is 3. The molecule has 14 heteroatoms. The number of piperidine rings is 1. The number of hydrogen-bond acceptors (Lipinski definition) is 9. The van der Waals surface area contributed by atoms with Crippen molar-refractivity contribution in [3.63, 3.8) is 0 Å². The molecule has 2 atom stereocenters. The molecule has 4 heterocycles. The second kappa shape index (κ2) is 10.3. The zero-order chi connectivity index (χ0) is 27.0. The molecule has 3 N–H and O–H groups in total. The van der Waals surface area contributed by atoms with Gasteiger partial charge >= 0.3 is 0 Å². The highest BCUT2D eigenvalue weighted by atomic mass is 19.3. The Morgan fingerprint density at radius 2 is 2.11 bits per heavy atom. The first kappa shape index (κ1) is 26.1. The van der Waals surface area contributed by atoms with Gasteiger partial charge in [0.25, 0.3) is 5.92 Å². The standard InChI is InChI=1S/C24H28F4N8O2/c1-24(27,28)12-30-19-7-13(3-4-18(19)33-29)20-16(26)9-36-21(20)22(37-2)32-23(34-36)31-17-5-6-35(8-15(17)25)14-10-38-11-14/h3-4,7,9,14-15,17,29-30H,5-6,8,10-12H2,1-2H3,(H,31,34)/t15-,17+/m0/s1. The highest BCUT2D eigenvalue weighted by molar-refractivity contribution is 5.88. The molecule has 0 aliphatic carbocycles. The minimum Gasteiger partial charge on any atom is -0.479 e. The molecule has 0 amide bonds. The van der Waals surface area contributed by atoms with E-state index in [0.717, 1.165) is 13.1 Å². The lowest BCUT2D eigenvalue weighted by molar-refractivity contribution is -0.0794. The molecule has 204 valence electrons. The third-order valence-corrected chi connectivity index (χ3v) is 6.77. The fraction of sp³-hybridized carbons (Fsp3) is 0.500. The zero-order valence-electron chi connectivity index (χ0n) is 20.8. The van der Waals surface area contributed by atoms with Crippen LogP contribution in [0.1, 0.15) is 13.3 Å². The van der Waals surface area contributed by atoms with E-state index in [2.05, 4.69) is 30.7 Å². The summed E-state index contributed by atoms with van der Waals surface area (Å²) in [6.07, 6.45) is 0.517. The fourth-order valence-electron chi connectivity index (χ4n) is 4.70. The normalized spacial score (nSPS) is 20.8. The largest absolute Gasteiger partial charge is 0.479 e. The molecule has 2 aliphatic rings. The van der Waals surface area contributed by atoms with Gasteiger partial charge in [0.1, 0.15) is 17.4 Å². The molecule has 38 heavy (non-hydrogen) atoms. The molecule has 0 unspecified atom stereocenters. The van der Waals surface area contributed by atoms with E-state index < -0.39 is 30.5 Å². The van der Waals surface area contributed by atoms with E-state index in [1.54, 1.807) is 0 Å². The van der Waals surface area contributed by atoms with Gasteiger partial charge in [0.15, 0.2) is 5.82 Å². The number of methoxy groups -OCH3 is 1. The monoisotopic (exact) mass is 536 g/mol. The maximum absolute atomic E-state index is 15.3. The lowest BCUT2D eigenvalue weighted by Crippen LogP contribution is -2.57. The molecule has 2 aromatic heterocycles. The number of halogens is 4. The van der Waals surface area contributed by atoms with Crippen LogP contribution in [0.4, 0.5) is 34.9 Å². The van der Waals surface area contributed by atoms with E-state index in [4.69, 9.17) is 15.0 Å². The number of benzene rings is 1. The molecule has 0 spiro atoms. The third-order valence-electron chi connectivity index (χ3n) is 6.77.